The molecular formula is C20H11Cl2N3O4S. The van der Waals surface area contributed by atoms with Gasteiger partial charge in [0.2, 0.25) is 0 Å². The largest absolute Gasteiger partial charge is 0.451 e. The van der Waals surface area contributed by atoms with Gasteiger partial charge in [-0.2, -0.15) is 0 Å². The second kappa shape index (κ2) is 8.27. The van der Waals surface area contributed by atoms with Crippen molar-refractivity contribution in [2.45, 2.75) is 0 Å². The summed E-state index contributed by atoms with van der Waals surface area (Å²) in [6.45, 7) is 0. The lowest BCUT2D eigenvalue weighted by molar-refractivity contribution is -0.384. The number of thiazole rings is 1. The third kappa shape index (κ3) is 4.20. The highest BCUT2D eigenvalue weighted by Crippen LogP contribution is 2.31. The lowest BCUT2D eigenvalue weighted by Gasteiger charge is -2.01. The molecule has 2 heterocycles. The van der Waals surface area contributed by atoms with Gasteiger partial charge in [-0.1, -0.05) is 35.3 Å². The highest BCUT2D eigenvalue weighted by atomic mass is 35.5. The highest BCUT2D eigenvalue weighted by Gasteiger charge is 2.16. The minimum atomic E-state index is -0.471. The van der Waals surface area contributed by atoms with Crippen LogP contribution in [0.5, 0.6) is 0 Å². The molecule has 1 amide bonds. The quantitative estimate of drug-likeness (QED) is 0.269. The fourth-order valence-electron chi connectivity index (χ4n) is 2.67. The molecule has 0 radical (unpaired) electrons. The Morgan fingerprint density at radius 2 is 1.90 bits per heavy atom. The molecule has 0 atom stereocenters. The van der Waals surface area contributed by atoms with Gasteiger partial charge in [-0.05, 0) is 30.3 Å². The van der Waals surface area contributed by atoms with E-state index in [-0.39, 0.29) is 11.4 Å². The van der Waals surface area contributed by atoms with E-state index in [4.69, 9.17) is 27.6 Å². The number of carbonyl (C=O) groups excluding carboxylic acids is 1. The molecule has 0 aliphatic rings. The fraction of sp³-hybridized carbons (Fsp3) is 0. The van der Waals surface area contributed by atoms with Gasteiger partial charge < -0.3 is 4.42 Å². The number of nitrogens with one attached hydrogen (secondary N) is 1. The maximum Gasteiger partial charge on any atom is 0.293 e. The average molecular weight is 460 g/mol. The Morgan fingerprint density at radius 1 is 1.07 bits per heavy atom. The van der Waals surface area contributed by atoms with Crippen molar-refractivity contribution in [3.8, 4) is 22.6 Å². The topological polar surface area (TPSA) is 98.3 Å². The average Bonchev–Trinajstić information content (AvgIpc) is 3.40. The Morgan fingerprint density at radius 3 is 2.67 bits per heavy atom. The summed E-state index contributed by atoms with van der Waals surface area (Å²) in [7, 11) is 0. The van der Waals surface area contributed by atoms with Crippen molar-refractivity contribution < 1.29 is 14.1 Å². The SMILES string of the molecule is O=C(Nc1nc(-c2cccc([N+](=O)[O-])c2)cs1)c1ccc(-c2ccc(Cl)c(Cl)c2)o1. The normalized spacial score (nSPS) is 10.7. The number of benzene rings is 2. The van der Waals surface area contributed by atoms with Crippen LogP contribution in [0, 0.1) is 10.1 Å². The number of hydrogen-bond donors (Lipinski definition) is 1. The molecule has 0 saturated heterocycles. The number of anilines is 1. The van der Waals surface area contributed by atoms with Crippen molar-refractivity contribution in [3.05, 3.63) is 85.9 Å². The summed E-state index contributed by atoms with van der Waals surface area (Å²) in [6.07, 6.45) is 0. The Kier molecular flexibility index (Phi) is 5.54. The molecular weight excluding hydrogens is 449 g/mol. The van der Waals surface area contributed by atoms with E-state index in [1.807, 2.05) is 0 Å². The van der Waals surface area contributed by atoms with Gasteiger partial charge in [0.05, 0.1) is 20.7 Å². The van der Waals surface area contributed by atoms with Gasteiger partial charge in [-0.25, -0.2) is 4.98 Å². The van der Waals surface area contributed by atoms with E-state index < -0.39 is 10.8 Å². The smallest absolute Gasteiger partial charge is 0.293 e. The lowest BCUT2D eigenvalue weighted by Crippen LogP contribution is -2.10. The van der Waals surface area contributed by atoms with Crippen LogP contribution in [0.25, 0.3) is 22.6 Å². The zero-order chi connectivity index (χ0) is 21.3. The van der Waals surface area contributed by atoms with E-state index in [9.17, 15) is 14.9 Å². The Balaban J connectivity index is 1.50. The van der Waals surface area contributed by atoms with Crippen LogP contribution in [0.1, 0.15) is 10.6 Å². The van der Waals surface area contributed by atoms with Crippen molar-refractivity contribution in [2.75, 3.05) is 5.32 Å². The summed E-state index contributed by atoms with van der Waals surface area (Å²) < 4.78 is 5.62. The van der Waals surface area contributed by atoms with E-state index in [2.05, 4.69) is 10.3 Å². The fourth-order valence-corrected chi connectivity index (χ4v) is 3.68. The minimum Gasteiger partial charge on any atom is -0.451 e. The van der Waals surface area contributed by atoms with Crippen LogP contribution in [-0.4, -0.2) is 15.8 Å². The number of non-ortho nitro benzene ring substituents is 1. The molecule has 0 aliphatic heterocycles. The van der Waals surface area contributed by atoms with Crippen molar-refractivity contribution in [1.29, 1.82) is 0 Å². The van der Waals surface area contributed by atoms with E-state index >= 15 is 0 Å². The maximum atomic E-state index is 12.5. The molecule has 10 heteroatoms. The van der Waals surface area contributed by atoms with Crippen LogP contribution >= 0.6 is 34.5 Å². The second-order valence-electron chi connectivity index (χ2n) is 6.09. The van der Waals surface area contributed by atoms with Crippen molar-refractivity contribution in [2.24, 2.45) is 0 Å². The van der Waals surface area contributed by atoms with Crippen molar-refractivity contribution >= 4 is 51.3 Å². The van der Waals surface area contributed by atoms with Gasteiger partial charge >= 0.3 is 0 Å². The van der Waals surface area contributed by atoms with Gasteiger partial charge in [-0.3, -0.25) is 20.2 Å². The molecule has 0 spiro atoms. The van der Waals surface area contributed by atoms with Crippen molar-refractivity contribution in [3.63, 3.8) is 0 Å². The number of amides is 1. The van der Waals surface area contributed by atoms with Gasteiger partial charge in [-0.15, -0.1) is 11.3 Å². The number of halogens is 2. The summed E-state index contributed by atoms with van der Waals surface area (Å²) >= 11 is 13.1. The maximum absolute atomic E-state index is 12.5. The molecule has 7 nitrogen and oxygen atoms in total. The van der Waals surface area contributed by atoms with Gasteiger partial charge in [0.25, 0.3) is 11.6 Å². The molecule has 0 aliphatic carbocycles. The Bertz CT molecular complexity index is 1270. The van der Waals surface area contributed by atoms with Crippen LogP contribution in [0.4, 0.5) is 10.8 Å². The van der Waals surface area contributed by atoms with E-state index in [0.29, 0.717) is 37.8 Å². The first kappa shape index (κ1) is 20.1. The molecule has 2 aromatic heterocycles. The number of aromatic nitrogens is 1. The molecule has 2 aromatic carbocycles. The van der Waals surface area contributed by atoms with Gasteiger partial charge in [0.1, 0.15) is 5.76 Å². The van der Waals surface area contributed by atoms with Crippen LogP contribution in [0.15, 0.2) is 64.4 Å². The first-order valence-electron chi connectivity index (χ1n) is 8.47. The third-order valence-corrected chi connectivity index (χ3v) is 5.61. The van der Waals surface area contributed by atoms with Crippen LogP contribution in [-0.2, 0) is 0 Å². The summed E-state index contributed by atoms with van der Waals surface area (Å²) in [5, 5.41) is 16.5. The molecule has 0 saturated carbocycles. The van der Waals surface area contributed by atoms with E-state index in [1.54, 1.807) is 47.8 Å². The molecule has 0 unspecified atom stereocenters. The first-order chi connectivity index (χ1) is 14.4. The number of hydrogen-bond acceptors (Lipinski definition) is 6. The van der Waals surface area contributed by atoms with Gasteiger partial charge in [0.15, 0.2) is 10.9 Å². The Labute approximate surface area is 184 Å². The number of nitrogens with zero attached hydrogens (tertiary/aromatic N) is 2. The molecule has 0 bridgehead atoms. The predicted molar refractivity (Wildman–Crippen MR) is 116 cm³/mol. The molecule has 4 aromatic rings. The summed E-state index contributed by atoms with van der Waals surface area (Å²) in [4.78, 5) is 27.3. The zero-order valence-corrected chi connectivity index (χ0v) is 17.3. The number of nitro benzene ring substituents is 1. The standard InChI is InChI=1S/C20H11Cl2N3O4S/c21-14-5-4-12(9-15(14)22)17-6-7-18(29-17)19(26)24-20-23-16(10-30-20)11-2-1-3-13(8-11)25(27)28/h1-10H,(H,23,24,26). The first-order valence-corrected chi connectivity index (χ1v) is 10.1. The lowest BCUT2D eigenvalue weighted by atomic mass is 10.1. The highest BCUT2D eigenvalue weighted by molar-refractivity contribution is 7.14. The van der Waals surface area contributed by atoms with Crippen LogP contribution in [0.3, 0.4) is 0 Å². The summed E-state index contributed by atoms with van der Waals surface area (Å²) in [6, 6.07) is 14.4. The summed E-state index contributed by atoms with van der Waals surface area (Å²) in [5.74, 6) is 0.0968. The van der Waals surface area contributed by atoms with Gasteiger partial charge in [0, 0.05) is 28.6 Å². The van der Waals surface area contributed by atoms with E-state index in [1.165, 1.54) is 23.5 Å². The number of carbonyl (C=O) groups is 1. The van der Waals surface area contributed by atoms with Crippen LogP contribution < -0.4 is 5.32 Å². The van der Waals surface area contributed by atoms with Crippen molar-refractivity contribution in [1.82, 2.24) is 4.98 Å². The molecule has 30 heavy (non-hydrogen) atoms. The molecule has 150 valence electrons. The Hall–Kier alpha value is -3.20. The monoisotopic (exact) mass is 459 g/mol. The van der Waals surface area contributed by atoms with E-state index in [0.717, 1.165) is 0 Å². The molecule has 1 N–H and O–H groups in total. The second-order valence-corrected chi connectivity index (χ2v) is 7.76. The number of furan rings is 1. The minimum absolute atomic E-state index is 0.0310. The summed E-state index contributed by atoms with van der Waals surface area (Å²) in [5.41, 5.74) is 1.76. The number of nitro groups is 1. The molecule has 4 rings (SSSR count). The predicted octanol–water partition coefficient (Wildman–Crippen LogP) is 6.54. The number of rotatable bonds is 5. The zero-order valence-electron chi connectivity index (χ0n) is 15.0. The molecule has 0 fully saturated rings. The third-order valence-electron chi connectivity index (χ3n) is 4.11. The van der Waals surface area contributed by atoms with Crippen LogP contribution in [0.2, 0.25) is 10.0 Å².